The summed E-state index contributed by atoms with van der Waals surface area (Å²) in [7, 11) is 1.58. The van der Waals surface area contributed by atoms with E-state index in [1.165, 1.54) is 11.8 Å². The first-order chi connectivity index (χ1) is 15.5. The molecule has 0 radical (unpaired) electrons. The summed E-state index contributed by atoms with van der Waals surface area (Å²) in [6, 6.07) is 22.9. The second kappa shape index (κ2) is 10.2. The van der Waals surface area contributed by atoms with Crippen molar-refractivity contribution in [3.63, 3.8) is 0 Å². The van der Waals surface area contributed by atoms with Crippen molar-refractivity contribution in [3.8, 4) is 11.5 Å². The highest BCUT2D eigenvalue weighted by molar-refractivity contribution is 8.26. The molecule has 32 heavy (non-hydrogen) atoms. The topological polar surface area (TPSA) is 38.8 Å². The van der Waals surface area contributed by atoms with Crippen molar-refractivity contribution in [2.24, 2.45) is 0 Å². The van der Waals surface area contributed by atoms with Crippen LogP contribution in [0.4, 0.5) is 0 Å². The fourth-order valence-electron chi connectivity index (χ4n) is 3.22. The molecule has 7 heteroatoms. The molecule has 4 rings (SSSR count). The third kappa shape index (κ3) is 5.15. The van der Waals surface area contributed by atoms with Gasteiger partial charge in [0.05, 0.1) is 18.6 Å². The number of thiocarbonyl (C=S) groups is 1. The smallest absolute Gasteiger partial charge is 0.266 e. The molecular weight excluding hydrogens is 462 g/mol. The summed E-state index contributed by atoms with van der Waals surface area (Å²) >= 11 is 13.0. The summed E-state index contributed by atoms with van der Waals surface area (Å²) in [5.74, 6) is 1.08. The maximum absolute atomic E-state index is 12.9. The molecule has 1 aliphatic heterocycles. The van der Waals surface area contributed by atoms with Crippen molar-refractivity contribution in [1.82, 2.24) is 4.90 Å². The standard InChI is InChI=1S/C25H20ClNO3S2/c1-29-22-13-18(11-12-21(22)30-16-19-9-5-6-10-20(19)26)14-23-24(28)27(25(31)32-23)15-17-7-3-2-4-8-17/h2-14H,15-16H2,1H3/b23-14-. The molecule has 0 spiro atoms. The lowest BCUT2D eigenvalue weighted by atomic mass is 10.1. The Bertz CT molecular complexity index is 1180. The van der Waals surface area contributed by atoms with Crippen LogP contribution in [0.1, 0.15) is 16.7 Å². The van der Waals surface area contributed by atoms with Crippen molar-refractivity contribution < 1.29 is 14.3 Å². The number of methoxy groups -OCH3 is 1. The number of halogens is 1. The molecule has 4 nitrogen and oxygen atoms in total. The number of nitrogens with zero attached hydrogens (tertiary/aromatic N) is 1. The summed E-state index contributed by atoms with van der Waals surface area (Å²) < 4.78 is 12.0. The minimum absolute atomic E-state index is 0.0955. The Morgan fingerprint density at radius 2 is 1.78 bits per heavy atom. The maximum atomic E-state index is 12.9. The Hall–Kier alpha value is -2.80. The number of benzene rings is 3. The van der Waals surface area contributed by atoms with E-state index >= 15 is 0 Å². The van der Waals surface area contributed by atoms with E-state index in [0.717, 1.165) is 16.7 Å². The molecule has 0 bridgehead atoms. The van der Waals surface area contributed by atoms with Crippen LogP contribution in [0.25, 0.3) is 6.08 Å². The van der Waals surface area contributed by atoms with Crippen molar-refractivity contribution in [2.45, 2.75) is 13.2 Å². The van der Waals surface area contributed by atoms with Gasteiger partial charge < -0.3 is 9.47 Å². The number of carbonyl (C=O) groups is 1. The average Bonchev–Trinajstić information content (AvgIpc) is 3.07. The van der Waals surface area contributed by atoms with Gasteiger partial charge in [-0.05, 0) is 35.4 Å². The van der Waals surface area contributed by atoms with Gasteiger partial charge in [0.15, 0.2) is 11.5 Å². The molecule has 0 N–H and O–H groups in total. The van der Waals surface area contributed by atoms with Crippen LogP contribution in [0.5, 0.6) is 11.5 Å². The van der Waals surface area contributed by atoms with E-state index in [0.29, 0.717) is 38.9 Å². The number of carbonyl (C=O) groups excluding carboxylic acids is 1. The molecule has 3 aromatic rings. The number of thioether (sulfide) groups is 1. The normalized spacial score (nSPS) is 14.8. The van der Waals surface area contributed by atoms with E-state index in [-0.39, 0.29) is 5.91 Å². The SMILES string of the molecule is COc1cc(/C=C2\SC(=S)N(Cc3ccccc3)C2=O)ccc1OCc1ccccc1Cl. The van der Waals surface area contributed by atoms with Gasteiger partial charge in [-0.3, -0.25) is 9.69 Å². The van der Waals surface area contributed by atoms with Crippen LogP contribution in [0.2, 0.25) is 5.02 Å². The monoisotopic (exact) mass is 481 g/mol. The maximum Gasteiger partial charge on any atom is 0.266 e. The van der Waals surface area contributed by atoms with Crippen molar-refractivity contribution in [2.75, 3.05) is 7.11 Å². The number of rotatable bonds is 7. The Labute approximate surface area is 201 Å². The fraction of sp³-hybridized carbons (Fsp3) is 0.120. The number of hydrogen-bond donors (Lipinski definition) is 0. The van der Waals surface area contributed by atoms with Gasteiger partial charge >= 0.3 is 0 Å². The van der Waals surface area contributed by atoms with Crippen LogP contribution in [0.3, 0.4) is 0 Å². The zero-order chi connectivity index (χ0) is 22.5. The van der Waals surface area contributed by atoms with Gasteiger partial charge in [0, 0.05) is 10.6 Å². The summed E-state index contributed by atoms with van der Waals surface area (Å²) in [6.07, 6.45) is 1.82. The average molecular weight is 482 g/mol. The second-order valence-electron chi connectivity index (χ2n) is 7.04. The highest BCUT2D eigenvalue weighted by atomic mass is 35.5. The van der Waals surface area contributed by atoms with Gasteiger partial charge in [0.2, 0.25) is 0 Å². The van der Waals surface area contributed by atoms with Crippen LogP contribution in [-0.2, 0) is 17.9 Å². The molecule has 1 saturated heterocycles. The fourth-order valence-corrected chi connectivity index (χ4v) is 4.66. The van der Waals surface area contributed by atoms with E-state index in [1.54, 1.807) is 12.0 Å². The molecule has 1 fully saturated rings. The lowest BCUT2D eigenvalue weighted by Gasteiger charge is -2.14. The minimum Gasteiger partial charge on any atom is -0.493 e. The van der Waals surface area contributed by atoms with Crippen molar-refractivity contribution in [3.05, 3.63) is 99.4 Å². The van der Waals surface area contributed by atoms with Gasteiger partial charge in [-0.1, -0.05) is 90.2 Å². The third-order valence-corrected chi connectivity index (χ3v) is 6.63. The Balaban J connectivity index is 1.49. The zero-order valence-electron chi connectivity index (χ0n) is 17.3. The van der Waals surface area contributed by atoms with E-state index in [4.69, 9.17) is 33.3 Å². The molecule has 0 atom stereocenters. The first kappa shape index (κ1) is 22.4. The summed E-state index contributed by atoms with van der Waals surface area (Å²) in [5.41, 5.74) is 2.75. The van der Waals surface area contributed by atoms with E-state index < -0.39 is 0 Å². The molecule has 162 valence electrons. The van der Waals surface area contributed by atoms with Crippen molar-refractivity contribution >= 4 is 51.9 Å². The number of amides is 1. The zero-order valence-corrected chi connectivity index (χ0v) is 19.7. The molecule has 1 amide bonds. The molecule has 1 heterocycles. The van der Waals surface area contributed by atoms with Gasteiger partial charge in [-0.25, -0.2) is 0 Å². The van der Waals surface area contributed by atoms with Crippen LogP contribution >= 0.6 is 35.6 Å². The van der Waals surface area contributed by atoms with Crippen LogP contribution in [0, 0.1) is 0 Å². The number of hydrogen-bond acceptors (Lipinski definition) is 5. The van der Waals surface area contributed by atoms with Gasteiger partial charge in [0.1, 0.15) is 10.9 Å². The van der Waals surface area contributed by atoms with Crippen LogP contribution in [0.15, 0.2) is 77.7 Å². The second-order valence-corrected chi connectivity index (χ2v) is 9.13. The van der Waals surface area contributed by atoms with E-state index in [1.807, 2.05) is 78.9 Å². The molecule has 3 aromatic carbocycles. The molecule has 0 aliphatic carbocycles. The quantitative estimate of drug-likeness (QED) is 0.291. The lowest BCUT2D eigenvalue weighted by molar-refractivity contribution is -0.122. The van der Waals surface area contributed by atoms with Gasteiger partial charge in [-0.15, -0.1) is 0 Å². The molecule has 1 aliphatic rings. The summed E-state index contributed by atoms with van der Waals surface area (Å²) in [4.78, 5) is 15.1. The highest BCUT2D eigenvalue weighted by Gasteiger charge is 2.32. The molecule has 0 unspecified atom stereocenters. The van der Waals surface area contributed by atoms with Crippen LogP contribution in [-0.4, -0.2) is 22.2 Å². The molecular formula is C25H20ClNO3S2. The van der Waals surface area contributed by atoms with Gasteiger partial charge in [-0.2, -0.15) is 0 Å². The van der Waals surface area contributed by atoms with E-state index in [2.05, 4.69) is 0 Å². The summed E-state index contributed by atoms with van der Waals surface area (Å²) in [6.45, 7) is 0.786. The van der Waals surface area contributed by atoms with E-state index in [9.17, 15) is 4.79 Å². The Morgan fingerprint density at radius 1 is 1.03 bits per heavy atom. The summed E-state index contributed by atoms with van der Waals surface area (Å²) in [5, 5.41) is 0.653. The first-order valence-electron chi connectivity index (χ1n) is 9.88. The number of ether oxygens (including phenoxy) is 2. The molecule has 0 aromatic heterocycles. The first-order valence-corrected chi connectivity index (χ1v) is 11.5. The third-order valence-electron chi connectivity index (χ3n) is 4.88. The predicted octanol–water partition coefficient (Wildman–Crippen LogP) is 6.33. The highest BCUT2D eigenvalue weighted by Crippen LogP contribution is 2.35. The van der Waals surface area contributed by atoms with Crippen molar-refractivity contribution in [1.29, 1.82) is 0 Å². The van der Waals surface area contributed by atoms with Gasteiger partial charge in [0.25, 0.3) is 5.91 Å². The minimum atomic E-state index is -0.0955. The van der Waals surface area contributed by atoms with Crippen LogP contribution < -0.4 is 9.47 Å². The molecule has 0 saturated carbocycles. The Kier molecular flexibility index (Phi) is 7.15. The predicted molar refractivity (Wildman–Crippen MR) is 134 cm³/mol. The lowest BCUT2D eigenvalue weighted by Crippen LogP contribution is -2.27. The Morgan fingerprint density at radius 3 is 2.53 bits per heavy atom. The largest absolute Gasteiger partial charge is 0.493 e.